The van der Waals surface area contributed by atoms with Gasteiger partial charge in [-0.05, 0) is 25.4 Å². The Kier molecular flexibility index (Phi) is 7.72. The second kappa shape index (κ2) is 10.1. The van der Waals surface area contributed by atoms with Crippen LogP contribution in [0.5, 0.6) is 0 Å². The standard InChI is InChI=1S/C22H38N6O3/c1-22(2,3)19(21(30)23-4)25-20(29)18-16-15-26(5)9-10-28(16)17(24-18)7-6-8-27-11-13-31-14-12-27/h19H,6-15H2,1-5H3,(H,23,30)(H,25,29)/t19-/m1/s1. The smallest absolute Gasteiger partial charge is 0.272 e. The fraction of sp³-hybridized carbons (Fsp3) is 0.773. The van der Waals surface area contributed by atoms with Crippen LogP contribution in [0.3, 0.4) is 0 Å². The van der Waals surface area contributed by atoms with Crippen molar-refractivity contribution in [2.24, 2.45) is 5.41 Å². The van der Waals surface area contributed by atoms with Gasteiger partial charge in [-0.15, -0.1) is 0 Å². The van der Waals surface area contributed by atoms with Gasteiger partial charge in [0.2, 0.25) is 5.91 Å². The third-order valence-corrected chi connectivity index (χ3v) is 6.12. The fourth-order valence-electron chi connectivity index (χ4n) is 4.24. The molecule has 2 amide bonds. The first-order valence-corrected chi connectivity index (χ1v) is 11.3. The molecular formula is C22H38N6O3. The number of carbonyl (C=O) groups excluding carboxylic acids is 2. The van der Waals surface area contributed by atoms with Crippen molar-refractivity contribution in [3.63, 3.8) is 0 Å². The minimum absolute atomic E-state index is 0.197. The van der Waals surface area contributed by atoms with Gasteiger partial charge in [-0.25, -0.2) is 4.98 Å². The number of aromatic nitrogens is 2. The van der Waals surface area contributed by atoms with E-state index in [9.17, 15) is 9.59 Å². The molecule has 1 aromatic heterocycles. The molecule has 9 nitrogen and oxygen atoms in total. The van der Waals surface area contributed by atoms with Crippen molar-refractivity contribution in [3.8, 4) is 0 Å². The van der Waals surface area contributed by atoms with Crippen LogP contribution in [0.15, 0.2) is 0 Å². The number of carbonyl (C=O) groups is 2. The Labute approximate surface area is 185 Å². The average molecular weight is 435 g/mol. The Morgan fingerprint density at radius 3 is 2.52 bits per heavy atom. The molecule has 9 heteroatoms. The van der Waals surface area contributed by atoms with Crippen LogP contribution in [0.2, 0.25) is 0 Å². The quantitative estimate of drug-likeness (QED) is 0.649. The van der Waals surface area contributed by atoms with Gasteiger partial charge in [0.05, 0.1) is 18.9 Å². The van der Waals surface area contributed by atoms with E-state index in [0.29, 0.717) is 12.2 Å². The normalized spacial score (nSPS) is 19.0. The molecule has 1 saturated heterocycles. The molecule has 0 aliphatic carbocycles. The summed E-state index contributed by atoms with van der Waals surface area (Å²) in [6.07, 6.45) is 1.83. The van der Waals surface area contributed by atoms with Crippen molar-refractivity contribution in [2.75, 3.05) is 53.5 Å². The van der Waals surface area contributed by atoms with Gasteiger partial charge in [0.25, 0.3) is 5.91 Å². The predicted octanol–water partition coefficient (Wildman–Crippen LogP) is 0.484. The summed E-state index contributed by atoms with van der Waals surface area (Å²) in [6.45, 7) is 12.8. The summed E-state index contributed by atoms with van der Waals surface area (Å²) >= 11 is 0. The lowest BCUT2D eigenvalue weighted by Gasteiger charge is -2.30. The molecule has 2 aliphatic heterocycles. The lowest BCUT2D eigenvalue weighted by atomic mass is 9.86. The summed E-state index contributed by atoms with van der Waals surface area (Å²) in [7, 11) is 3.64. The first kappa shape index (κ1) is 23.7. The predicted molar refractivity (Wildman–Crippen MR) is 119 cm³/mol. The maximum atomic E-state index is 13.2. The molecule has 2 aliphatic rings. The van der Waals surface area contributed by atoms with E-state index < -0.39 is 11.5 Å². The molecule has 3 rings (SSSR count). The van der Waals surface area contributed by atoms with Crippen molar-refractivity contribution in [2.45, 2.75) is 52.7 Å². The molecule has 1 atom stereocenters. The Hall–Kier alpha value is -1.97. The number of fused-ring (bicyclic) bond motifs is 1. The van der Waals surface area contributed by atoms with E-state index in [-0.39, 0.29) is 11.8 Å². The highest BCUT2D eigenvalue weighted by Crippen LogP contribution is 2.23. The van der Waals surface area contributed by atoms with Gasteiger partial charge in [0.15, 0.2) is 5.69 Å². The van der Waals surface area contributed by atoms with Crippen LogP contribution in [0, 0.1) is 5.41 Å². The number of imidazole rings is 1. The van der Waals surface area contributed by atoms with E-state index in [1.54, 1.807) is 7.05 Å². The second-order valence-electron chi connectivity index (χ2n) is 9.66. The van der Waals surface area contributed by atoms with Gasteiger partial charge in [0, 0.05) is 46.2 Å². The number of rotatable bonds is 7. The molecule has 0 saturated carbocycles. The Morgan fingerprint density at radius 1 is 1.16 bits per heavy atom. The summed E-state index contributed by atoms with van der Waals surface area (Å²) in [5.41, 5.74) is 0.983. The fourth-order valence-corrected chi connectivity index (χ4v) is 4.24. The van der Waals surface area contributed by atoms with Crippen LogP contribution >= 0.6 is 0 Å². The van der Waals surface area contributed by atoms with Crippen molar-refractivity contribution >= 4 is 11.8 Å². The van der Waals surface area contributed by atoms with Crippen LogP contribution < -0.4 is 10.6 Å². The van der Waals surface area contributed by atoms with Crippen molar-refractivity contribution in [3.05, 3.63) is 17.2 Å². The van der Waals surface area contributed by atoms with Crippen LogP contribution in [0.1, 0.15) is 49.2 Å². The van der Waals surface area contributed by atoms with Crippen LogP contribution in [0.25, 0.3) is 0 Å². The molecule has 0 radical (unpaired) electrons. The zero-order valence-corrected chi connectivity index (χ0v) is 19.7. The third kappa shape index (κ3) is 5.84. The van der Waals surface area contributed by atoms with Crippen molar-refractivity contribution in [1.29, 1.82) is 0 Å². The second-order valence-corrected chi connectivity index (χ2v) is 9.66. The number of likely N-dealkylation sites (N-methyl/N-ethyl adjacent to an activating group) is 2. The van der Waals surface area contributed by atoms with E-state index in [1.807, 2.05) is 20.8 Å². The lowest BCUT2D eigenvalue weighted by Crippen LogP contribution is -2.53. The van der Waals surface area contributed by atoms with Gasteiger partial charge >= 0.3 is 0 Å². The van der Waals surface area contributed by atoms with Crippen molar-refractivity contribution in [1.82, 2.24) is 30.0 Å². The number of hydrogen-bond donors (Lipinski definition) is 2. The SMILES string of the molecule is CNC(=O)[C@@H](NC(=O)c1nc(CCCN2CCOCC2)n2c1CN(C)CC2)C(C)(C)C. The maximum Gasteiger partial charge on any atom is 0.272 e. The molecule has 1 fully saturated rings. The zero-order chi connectivity index (χ0) is 22.6. The van der Waals surface area contributed by atoms with E-state index in [2.05, 4.69) is 32.0 Å². The molecule has 1 aromatic rings. The Balaban J connectivity index is 1.76. The Bertz CT molecular complexity index is 779. The first-order valence-electron chi connectivity index (χ1n) is 11.3. The van der Waals surface area contributed by atoms with Gasteiger partial charge in [-0.1, -0.05) is 20.8 Å². The largest absolute Gasteiger partial charge is 0.379 e. The van der Waals surface area contributed by atoms with Gasteiger partial charge in [-0.2, -0.15) is 0 Å². The molecule has 174 valence electrons. The molecule has 0 spiro atoms. The topological polar surface area (TPSA) is 91.7 Å². The number of morpholine rings is 1. The lowest BCUT2D eigenvalue weighted by molar-refractivity contribution is -0.124. The van der Waals surface area contributed by atoms with Crippen LogP contribution in [-0.2, 0) is 29.0 Å². The van der Waals surface area contributed by atoms with Gasteiger partial charge in [-0.3, -0.25) is 19.4 Å². The zero-order valence-electron chi connectivity index (χ0n) is 19.7. The summed E-state index contributed by atoms with van der Waals surface area (Å²) < 4.78 is 7.63. The average Bonchev–Trinajstić information content (AvgIpc) is 3.09. The third-order valence-electron chi connectivity index (χ3n) is 6.12. The van der Waals surface area contributed by atoms with Crippen LogP contribution in [0.4, 0.5) is 0 Å². The molecule has 2 N–H and O–H groups in total. The molecule has 0 bridgehead atoms. The maximum absolute atomic E-state index is 13.2. The number of nitrogens with one attached hydrogen (secondary N) is 2. The van der Waals surface area contributed by atoms with E-state index >= 15 is 0 Å². The molecular weight excluding hydrogens is 396 g/mol. The highest BCUT2D eigenvalue weighted by Gasteiger charge is 2.34. The van der Waals surface area contributed by atoms with Crippen LogP contribution in [-0.4, -0.2) is 90.7 Å². The summed E-state index contributed by atoms with van der Waals surface area (Å²) in [5, 5.41) is 5.60. The monoisotopic (exact) mass is 434 g/mol. The molecule has 0 aromatic carbocycles. The number of nitrogens with zero attached hydrogens (tertiary/aromatic N) is 4. The molecule has 3 heterocycles. The minimum Gasteiger partial charge on any atom is -0.379 e. The van der Waals surface area contributed by atoms with Crippen molar-refractivity contribution < 1.29 is 14.3 Å². The molecule has 31 heavy (non-hydrogen) atoms. The number of aryl methyl sites for hydroxylation is 1. The van der Waals surface area contributed by atoms with E-state index in [1.165, 1.54) is 0 Å². The number of hydrogen-bond acceptors (Lipinski definition) is 6. The van der Waals surface area contributed by atoms with E-state index in [0.717, 1.165) is 70.3 Å². The number of amides is 2. The van der Waals surface area contributed by atoms with Gasteiger partial charge in [0.1, 0.15) is 11.9 Å². The first-order chi connectivity index (χ1) is 14.7. The number of ether oxygens (including phenoxy) is 1. The minimum atomic E-state index is -0.631. The summed E-state index contributed by atoms with van der Waals surface area (Å²) in [6, 6.07) is -0.631. The van der Waals surface area contributed by atoms with E-state index in [4.69, 9.17) is 9.72 Å². The summed E-state index contributed by atoms with van der Waals surface area (Å²) in [4.78, 5) is 35.0. The molecule has 0 unspecified atom stereocenters. The Morgan fingerprint density at radius 2 is 1.87 bits per heavy atom. The van der Waals surface area contributed by atoms with Gasteiger partial charge < -0.3 is 19.9 Å². The highest BCUT2D eigenvalue weighted by molar-refractivity contribution is 5.97. The summed E-state index contributed by atoms with van der Waals surface area (Å²) in [5.74, 6) is 0.493. The highest BCUT2D eigenvalue weighted by atomic mass is 16.5.